The van der Waals surface area contributed by atoms with Crippen molar-refractivity contribution in [1.82, 2.24) is 0 Å². The molecule has 3 heteroatoms. The first kappa shape index (κ1) is 12.2. The van der Waals surface area contributed by atoms with Gasteiger partial charge in [-0.05, 0) is 12.8 Å². The van der Waals surface area contributed by atoms with Gasteiger partial charge in [-0.15, -0.1) is 0 Å². The van der Waals surface area contributed by atoms with E-state index in [0.717, 1.165) is 13.0 Å². The van der Waals surface area contributed by atoms with Crippen molar-refractivity contribution in [2.75, 3.05) is 13.2 Å². The third kappa shape index (κ3) is 7.14. The van der Waals surface area contributed by atoms with Gasteiger partial charge in [-0.2, -0.15) is 0 Å². The van der Waals surface area contributed by atoms with Gasteiger partial charge in [0.1, 0.15) is 12.7 Å². The first-order valence-corrected chi connectivity index (χ1v) is 5.75. The normalized spacial score (nSPS) is 19.4. The Labute approximate surface area is 91.4 Å². The van der Waals surface area contributed by atoms with E-state index < -0.39 is 0 Å². The van der Waals surface area contributed by atoms with Crippen LogP contribution in [-0.4, -0.2) is 25.3 Å². The monoisotopic (exact) mass is 212 g/mol. The molecule has 0 amide bonds. The number of ether oxygens (including phenoxy) is 2. The quantitative estimate of drug-likeness (QED) is 0.268. The predicted molar refractivity (Wildman–Crippen MR) is 58.6 cm³/mol. The topological polar surface area (TPSA) is 38.8 Å². The van der Waals surface area contributed by atoms with Crippen molar-refractivity contribution < 1.29 is 14.3 Å². The van der Waals surface area contributed by atoms with Gasteiger partial charge in [-0.3, -0.25) is 4.79 Å². The van der Waals surface area contributed by atoms with Crippen molar-refractivity contribution in [3.05, 3.63) is 12.2 Å². The second-order valence-corrected chi connectivity index (χ2v) is 3.81. The molecule has 1 heterocycles. The number of carbonyl (C=O) groups excluding carboxylic acids is 1. The van der Waals surface area contributed by atoms with E-state index in [1.807, 2.05) is 6.08 Å². The summed E-state index contributed by atoms with van der Waals surface area (Å²) in [5.74, 6) is -0.155. The fraction of sp³-hybridized carbons (Fsp3) is 0.750. The Morgan fingerprint density at radius 2 is 2.27 bits per heavy atom. The molecule has 0 N–H and O–H groups in total. The van der Waals surface area contributed by atoms with Crippen molar-refractivity contribution in [2.45, 2.75) is 45.1 Å². The van der Waals surface area contributed by atoms with Gasteiger partial charge < -0.3 is 9.47 Å². The van der Waals surface area contributed by atoms with Crippen LogP contribution in [0.5, 0.6) is 0 Å². The molecule has 0 aliphatic carbocycles. The fourth-order valence-electron chi connectivity index (χ4n) is 1.22. The van der Waals surface area contributed by atoms with E-state index in [9.17, 15) is 4.79 Å². The Morgan fingerprint density at radius 1 is 1.47 bits per heavy atom. The zero-order chi connectivity index (χ0) is 10.9. The first-order chi connectivity index (χ1) is 7.33. The van der Waals surface area contributed by atoms with Crippen LogP contribution in [-0.2, 0) is 14.3 Å². The Kier molecular flexibility index (Phi) is 6.09. The fourth-order valence-corrected chi connectivity index (χ4v) is 1.22. The lowest BCUT2D eigenvalue weighted by atomic mass is 10.2. The number of hydrogen-bond donors (Lipinski definition) is 0. The summed E-state index contributed by atoms with van der Waals surface area (Å²) in [5, 5.41) is 0. The Morgan fingerprint density at radius 3 is 2.93 bits per heavy atom. The molecule has 0 saturated carbocycles. The van der Waals surface area contributed by atoms with Crippen LogP contribution in [0, 0.1) is 0 Å². The Balaban J connectivity index is 1.90. The van der Waals surface area contributed by atoms with E-state index in [2.05, 4.69) is 13.0 Å². The highest BCUT2D eigenvalue weighted by Gasteiger charge is 2.23. The minimum absolute atomic E-state index is 0.155. The van der Waals surface area contributed by atoms with E-state index in [4.69, 9.17) is 9.47 Å². The molecule has 0 bridgehead atoms. The van der Waals surface area contributed by atoms with E-state index in [-0.39, 0.29) is 12.1 Å². The number of unbranched alkanes of at least 4 members (excludes halogenated alkanes) is 3. The maximum absolute atomic E-state index is 11.1. The summed E-state index contributed by atoms with van der Waals surface area (Å²) in [6.07, 6.45) is 9.27. The van der Waals surface area contributed by atoms with Crippen molar-refractivity contribution >= 4 is 5.97 Å². The largest absolute Gasteiger partial charge is 0.463 e. The molecule has 1 aliphatic heterocycles. The summed E-state index contributed by atoms with van der Waals surface area (Å²) in [6, 6.07) is 0. The molecule has 0 aromatic rings. The lowest BCUT2D eigenvalue weighted by Gasteiger charge is -1.98. The van der Waals surface area contributed by atoms with E-state index in [1.54, 1.807) is 0 Å². The summed E-state index contributed by atoms with van der Waals surface area (Å²) in [4.78, 5) is 11.1. The molecule has 1 aliphatic rings. The predicted octanol–water partition coefficient (Wildman–Crippen LogP) is 2.46. The number of carbonyl (C=O) groups is 1. The smallest absolute Gasteiger partial charge is 0.309 e. The van der Waals surface area contributed by atoms with Crippen molar-refractivity contribution in [1.29, 1.82) is 0 Å². The van der Waals surface area contributed by atoms with Crippen LogP contribution in [0.1, 0.15) is 39.0 Å². The standard InChI is InChI=1S/C12H20O3/c1-2-3-4-5-6-7-8-12(13)15-10-11-9-14-11/h6-7,11H,2-5,8-10H2,1H3/b7-6+. The zero-order valence-electron chi connectivity index (χ0n) is 9.41. The van der Waals surface area contributed by atoms with Crippen LogP contribution < -0.4 is 0 Å². The molecule has 0 aromatic carbocycles. The maximum Gasteiger partial charge on any atom is 0.309 e. The SMILES string of the molecule is CCCCC/C=C/CC(=O)OCC1CO1. The van der Waals surface area contributed by atoms with Crippen molar-refractivity contribution in [3.63, 3.8) is 0 Å². The molecule has 0 aromatic heterocycles. The zero-order valence-corrected chi connectivity index (χ0v) is 9.41. The maximum atomic E-state index is 11.1. The van der Waals surface area contributed by atoms with Crippen molar-refractivity contribution in [2.24, 2.45) is 0 Å². The van der Waals surface area contributed by atoms with E-state index in [1.165, 1.54) is 19.3 Å². The molecule has 86 valence electrons. The number of hydrogen-bond acceptors (Lipinski definition) is 3. The molecule has 1 unspecified atom stereocenters. The van der Waals surface area contributed by atoms with Crippen LogP contribution in [0.15, 0.2) is 12.2 Å². The average molecular weight is 212 g/mol. The summed E-state index contributed by atoms with van der Waals surface area (Å²) in [6.45, 7) is 3.34. The second kappa shape index (κ2) is 7.46. The lowest BCUT2D eigenvalue weighted by molar-refractivity contribution is -0.143. The van der Waals surface area contributed by atoms with Crippen LogP contribution in [0.25, 0.3) is 0 Å². The average Bonchev–Trinajstić information content (AvgIpc) is 3.04. The minimum atomic E-state index is -0.155. The summed E-state index contributed by atoms with van der Waals surface area (Å²) in [7, 11) is 0. The van der Waals surface area contributed by atoms with E-state index >= 15 is 0 Å². The van der Waals surface area contributed by atoms with Gasteiger partial charge >= 0.3 is 5.97 Å². The third-order valence-corrected chi connectivity index (χ3v) is 2.26. The van der Waals surface area contributed by atoms with Gasteiger partial charge in [0.05, 0.1) is 13.0 Å². The molecule has 1 saturated heterocycles. The molecule has 0 spiro atoms. The molecule has 1 rings (SSSR count). The third-order valence-electron chi connectivity index (χ3n) is 2.26. The lowest BCUT2D eigenvalue weighted by Crippen LogP contribution is -2.08. The van der Waals surface area contributed by atoms with Gasteiger partial charge in [0, 0.05) is 0 Å². The van der Waals surface area contributed by atoms with Gasteiger partial charge in [0.2, 0.25) is 0 Å². The van der Waals surface area contributed by atoms with Crippen molar-refractivity contribution in [3.8, 4) is 0 Å². The number of esters is 1. The molecule has 15 heavy (non-hydrogen) atoms. The number of epoxide rings is 1. The Hall–Kier alpha value is -0.830. The molecule has 1 atom stereocenters. The summed E-state index contributed by atoms with van der Waals surface area (Å²) in [5.41, 5.74) is 0. The highest BCUT2D eigenvalue weighted by Crippen LogP contribution is 2.09. The summed E-state index contributed by atoms with van der Waals surface area (Å²) >= 11 is 0. The van der Waals surface area contributed by atoms with E-state index in [0.29, 0.717) is 13.0 Å². The van der Waals surface area contributed by atoms with Gasteiger partial charge in [0.25, 0.3) is 0 Å². The van der Waals surface area contributed by atoms with Crippen LogP contribution in [0.2, 0.25) is 0 Å². The Bertz CT molecular complexity index is 207. The molecule has 3 nitrogen and oxygen atoms in total. The van der Waals surface area contributed by atoms with Crippen LogP contribution in [0.3, 0.4) is 0 Å². The molecule has 0 radical (unpaired) electrons. The van der Waals surface area contributed by atoms with Gasteiger partial charge in [-0.25, -0.2) is 0 Å². The molecular weight excluding hydrogens is 192 g/mol. The van der Waals surface area contributed by atoms with Gasteiger partial charge in [0.15, 0.2) is 0 Å². The second-order valence-electron chi connectivity index (χ2n) is 3.81. The minimum Gasteiger partial charge on any atom is -0.463 e. The molecular formula is C12H20O3. The number of rotatable bonds is 8. The van der Waals surface area contributed by atoms with Crippen LogP contribution >= 0.6 is 0 Å². The first-order valence-electron chi connectivity index (χ1n) is 5.75. The highest BCUT2D eigenvalue weighted by atomic mass is 16.6. The molecule has 1 fully saturated rings. The summed E-state index contributed by atoms with van der Waals surface area (Å²) < 4.78 is 9.91. The van der Waals surface area contributed by atoms with Gasteiger partial charge in [-0.1, -0.05) is 31.9 Å². The van der Waals surface area contributed by atoms with Crippen LogP contribution in [0.4, 0.5) is 0 Å². The number of allylic oxidation sites excluding steroid dienone is 1. The highest BCUT2D eigenvalue weighted by molar-refractivity contribution is 5.71.